The molecular weight excluding hydrogens is 129 g/mol. The molecule has 0 aliphatic rings. The van der Waals surface area contributed by atoms with E-state index in [9.17, 15) is 4.57 Å². The smallest absolute Gasteiger partial charge is 0.142 e. The highest BCUT2D eigenvalue weighted by Gasteiger charge is 2.18. The van der Waals surface area contributed by atoms with Gasteiger partial charge in [-0.2, -0.15) is 0 Å². The predicted molar refractivity (Wildman–Crippen MR) is 29.4 cm³/mol. The van der Waals surface area contributed by atoms with Crippen LogP contribution in [0.1, 0.15) is 0 Å². The predicted octanol–water partition coefficient (Wildman–Crippen LogP) is 0.783. The summed E-state index contributed by atoms with van der Waals surface area (Å²) in [5.74, 6) is 0. The molecule has 0 radical (unpaired) electrons. The number of rotatable bonds is 3. The largest absolute Gasteiger partial charge is 0.716 e. The monoisotopic (exact) mass is 138 g/mol. The summed E-state index contributed by atoms with van der Waals surface area (Å²) in [6.45, 7) is 0. The normalized spacial score (nSPS) is 12.2. The molecule has 0 amide bonds. The molecule has 48 valence electrons. The van der Waals surface area contributed by atoms with Crippen molar-refractivity contribution in [1.82, 2.24) is 5.06 Å². The van der Waals surface area contributed by atoms with E-state index in [4.69, 9.17) is 0 Å². The Morgan fingerprint density at radius 1 is 1.50 bits per heavy atom. The van der Waals surface area contributed by atoms with Crippen molar-refractivity contribution in [1.29, 1.82) is 0 Å². The molecule has 1 atom stereocenters. The van der Waals surface area contributed by atoms with Gasteiger partial charge < -0.3 is 0 Å². The van der Waals surface area contributed by atoms with Gasteiger partial charge in [0.05, 0.1) is 7.11 Å². The fourth-order valence-corrected chi connectivity index (χ4v) is 0.500. The van der Waals surface area contributed by atoms with E-state index in [0.717, 1.165) is 0 Å². The minimum Gasteiger partial charge on any atom is -0.142 e. The van der Waals surface area contributed by atoms with E-state index in [1.165, 1.54) is 12.2 Å². The zero-order chi connectivity index (χ0) is 6.57. The Morgan fingerprint density at radius 2 is 2.00 bits per heavy atom. The van der Waals surface area contributed by atoms with Crippen LogP contribution in [0, 0.1) is 0 Å². The lowest BCUT2D eigenvalue weighted by Crippen LogP contribution is -2.06. The maximum absolute atomic E-state index is 10.3. The Kier molecular flexibility index (Phi) is 3.91. The van der Waals surface area contributed by atoms with Crippen LogP contribution in [0.15, 0.2) is 0 Å². The standard InChI is InChI=1S/C3H9NO3P/c1-4(2)7-8(5)6-3/h1-3H3/q+1. The van der Waals surface area contributed by atoms with Gasteiger partial charge in [-0.05, 0) is 4.62 Å². The van der Waals surface area contributed by atoms with E-state index in [2.05, 4.69) is 9.15 Å². The van der Waals surface area contributed by atoms with Crippen LogP contribution in [0.25, 0.3) is 0 Å². The van der Waals surface area contributed by atoms with E-state index in [0.29, 0.717) is 0 Å². The molecule has 0 aromatic rings. The van der Waals surface area contributed by atoms with Crippen LogP contribution in [0.4, 0.5) is 0 Å². The average Bonchev–Trinajstić information content (AvgIpc) is 1.65. The van der Waals surface area contributed by atoms with Gasteiger partial charge in [0.2, 0.25) is 0 Å². The molecule has 1 unspecified atom stereocenters. The zero-order valence-electron chi connectivity index (χ0n) is 5.12. The fourth-order valence-electron chi connectivity index (χ4n) is 0.167. The number of hydrogen-bond donors (Lipinski definition) is 0. The molecule has 0 aliphatic carbocycles. The van der Waals surface area contributed by atoms with Crippen LogP contribution < -0.4 is 0 Å². The first-order chi connectivity index (χ1) is 3.66. The highest BCUT2D eigenvalue weighted by atomic mass is 31.1. The molecule has 0 heterocycles. The molecule has 8 heavy (non-hydrogen) atoms. The molecule has 0 spiro atoms. The van der Waals surface area contributed by atoms with E-state index >= 15 is 0 Å². The zero-order valence-corrected chi connectivity index (χ0v) is 6.01. The summed E-state index contributed by atoms with van der Waals surface area (Å²) in [7, 11) is 2.64. The molecule has 0 aromatic carbocycles. The van der Waals surface area contributed by atoms with Gasteiger partial charge in [-0.3, -0.25) is 0 Å². The van der Waals surface area contributed by atoms with E-state index in [1.807, 2.05) is 0 Å². The lowest BCUT2D eigenvalue weighted by molar-refractivity contribution is -0.00896. The molecule has 0 bridgehead atoms. The maximum atomic E-state index is 10.3. The lowest BCUT2D eigenvalue weighted by atomic mass is 11.2. The van der Waals surface area contributed by atoms with Gasteiger partial charge in [-0.15, -0.1) is 9.59 Å². The van der Waals surface area contributed by atoms with Crippen LogP contribution in [0.3, 0.4) is 0 Å². The Labute approximate surface area is 49.3 Å². The Morgan fingerprint density at radius 3 is 2.12 bits per heavy atom. The molecule has 0 rings (SSSR count). The summed E-state index contributed by atoms with van der Waals surface area (Å²) in [6, 6.07) is 0. The van der Waals surface area contributed by atoms with Crippen LogP contribution in [-0.2, 0) is 13.7 Å². The van der Waals surface area contributed by atoms with Crippen molar-refractivity contribution in [3.05, 3.63) is 0 Å². The molecule has 0 N–H and O–H groups in total. The second-order valence-corrected chi connectivity index (χ2v) is 2.28. The van der Waals surface area contributed by atoms with Crippen molar-refractivity contribution in [2.24, 2.45) is 0 Å². The van der Waals surface area contributed by atoms with Crippen LogP contribution in [0.2, 0.25) is 0 Å². The third kappa shape index (κ3) is 4.15. The summed E-state index contributed by atoms with van der Waals surface area (Å²) in [5, 5.41) is 1.32. The van der Waals surface area contributed by atoms with Crippen molar-refractivity contribution < 1.29 is 13.7 Å². The summed E-state index contributed by atoms with van der Waals surface area (Å²) in [6.07, 6.45) is 0. The topological polar surface area (TPSA) is 38.8 Å². The quantitative estimate of drug-likeness (QED) is 0.426. The van der Waals surface area contributed by atoms with Crippen molar-refractivity contribution >= 4 is 8.25 Å². The van der Waals surface area contributed by atoms with E-state index in [-0.39, 0.29) is 0 Å². The van der Waals surface area contributed by atoms with Gasteiger partial charge in [0, 0.05) is 18.7 Å². The van der Waals surface area contributed by atoms with Crippen LogP contribution in [-0.4, -0.2) is 26.3 Å². The van der Waals surface area contributed by atoms with Gasteiger partial charge in [0.1, 0.15) is 0 Å². The number of hydroxylamine groups is 2. The third-order valence-electron chi connectivity index (χ3n) is 0.379. The van der Waals surface area contributed by atoms with Crippen molar-refractivity contribution in [2.75, 3.05) is 21.2 Å². The van der Waals surface area contributed by atoms with Gasteiger partial charge in [0.25, 0.3) is 0 Å². The van der Waals surface area contributed by atoms with Crippen molar-refractivity contribution in [2.45, 2.75) is 0 Å². The Hall–Kier alpha value is -0.0200. The highest BCUT2D eigenvalue weighted by molar-refractivity contribution is 7.33. The number of hydrogen-bond acceptors (Lipinski definition) is 4. The Balaban J connectivity index is 3.25. The minimum absolute atomic E-state index is 1.32. The van der Waals surface area contributed by atoms with Crippen molar-refractivity contribution in [3.63, 3.8) is 0 Å². The summed E-state index contributed by atoms with van der Waals surface area (Å²) in [4.78, 5) is 0. The summed E-state index contributed by atoms with van der Waals surface area (Å²) in [5.41, 5.74) is 0. The van der Waals surface area contributed by atoms with E-state index < -0.39 is 8.25 Å². The fraction of sp³-hybridized carbons (Fsp3) is 1.00. The highest BCUT2D eigenvalue weighted by Crippen LogP contribution is 2.21. The minimum atomic E-state index is -1.94. The summed E-state index contributed by atoms with van der Waals surface area (Å²) < 4.78 is 19.1. The van der Waals surface area contributed by atoms with Crippen LogP contribution >= 0.6 is 8.25 Å². The first-order valence-electron chi connectivity index (χ1n) is 2.03. The molecule has 0 aliphatic heterocycles. The first-order valence-corrected chi connectivity index (χ1v) is 3.13. The molecule has 0 saturated heterocycles. The third-order valence-corrected chi connectivity index (χ3v) is 1.14. The first kappa shape index (κ1) is 7.98. The lowest BCUT2D eigenvalue weighted by Gasteiger charge is -1.93. The molecular formula is C3H9NO3P+. The molecule has 0 fully saturated rings. The van der Waals surface area contributed by atoms with Gasteiger partial charge in [-0.1, -0.05) is 0 Å². The average molecular weight is 138 g/mol. The van der Waals surface area contributed by atoms with Gasteiger partial charge in [-0.25, -0.2) is 0 Å². The molecule has 0 saturated carbocycles. The molecule has 0 aromatic heterocycles. The van der Waals surface area contributed by atoms with Gasteiger partial charge >= 0.3 is 8.25 Å². The molecule has 5 heteroatoms. The Bertz CT molecular complexity index is 84.6. The van der Waals surface area contributed by atoms with Crippen molar-refractivity contribution in [3.8, 4) is 0 Å². The van der Waals surface area contributed by atoms with Crippen LogP contribution in [0.5, 0.6) is 0 Å². The van der Waals surface area contributed by atoms with E-state index in [1.54, 1.807) is 14.1 Å². The summed E-state index contributed by atoms with van der Waals surface area (Å²) >= 11 is 0. The second kappa shape index (κ2) is 3.92. The number of nitrogens with zero attached hydrogens (tertiary/aromatic N) is 1. The second-order valence-electron chi connectivity index (χ2n) is 1.30. The van der Waals surface area contributed by atoms with Gasteiger partial charge in [0.15, 0.2) is 0 Å². The SMILES string of the molecule is CO[P+](=O)ON(C)C. The molecule has 4 nitrogen and oxygen atoms in total. The maximum Gasteiger partial charge on any atom is 0.716 e.